The predicted octanol–water partition coefficient (Wildman–Crippen LogP) is 4.22. The smallest absolute Gasteiger partial charge is 0.251 e. The Morgan fingerprint density at radius 3 is 2.56 bits per heavy atom. The van der Waals surface area contributed by atoms with Gasteiger partial charge in [-0.2, -0.15) is 0 Å². The Kier molecular flexibility index (Phi) is 5.15. The zero-order chi connectivity index (χ0) is 13.1. The van der Waals surface area contributed by atoms with Crippen LogP contribution in [-0.4, -0.2) is 17.3 Å². The van der Waals surface area contributed by atoms with Crippen molar-refractivity contribution in [3.63, 3.8) is 0 Å². The molecule has 5 heteroatoms. The molecule has 0 atom stereocenters. The second kappa shape index (κ2) is 6.44. The maximum absolute atomic E-state index is 12.1. The fourth-order valence-electron chi connectivity index (χ4n) is 2.10. The lowest BCUT2D eigenvalue weighted by Gasteiger charge is -2.25. The molecule has 1 aliphatic carbocycles. The Hall–Kier alpha value is -0.0000000000000000555. The zero-order valence-electron chi connectivity index (χ0n) is 9.76. The Labute approximate surface area is 131 Å². The summed E-state index contributed by atoms with van der Waals surface area (Å²) in [5.41, 5.74) is 0.619. The van der Waals surface area contributed by atoms with Gasteiger partial charge in [0.2, 0.25) is 0 Å². The summed E-state index contributed by atoms with van der Waals surface area (Å²) < 4.78 is 0.952. The zero-order valence-corrected chi connectivity index (χ0v) is 13.4. The van der Waals surface area contributed by atoms with Crippen LogP contribution in [-0.2, 0) is 0 Å². The summed E-state index contributed by atoms with van der Waals surface area (Å²) >= 11 is 14.2. The van der Waals surface area contributed by atoms with Crippen LogP contribution in [0.5, 0.6) is 0 Å². The molecule has 1 fully saturated rings. The first kappa shape index (κ1) is 14.4. The first-order chi connectivity index (χ1) is 8.56. The van der Waals surface area contributed by atoms with Crippen LogP contribution in [0.2, 0.25) is 5.02 Å². The Morgan fingerprint density at radius 2 is 1.94 bits per heavy atom. The van der Waals surface area contributed by atoms with Crippen molar-refractivity contribution in [2.45, 2.75) is 37.1 Å². The number of hydrogen-bond donors (Lipinski definition) is 1. The number of nitrogens with one attached hydrogen (secondary N) is 1. The van der Waals surface area contributed by atoms with Crippen LogP contribution in [0.25, 0.3) is 0 Å². The molecule has 1 amide bonds. The highest BCUT2D eigenvalue weighted by Crippen LogP contribution is 2.24. The summed E-state index contributed by atoms with van der Waals surface area (Å²) in [6, 6.07) is 5.61. The molecule has 1 N–H and O–H groups in total. The van der Waals surface area contributed by atoms with E-state index < -0.39 is 0 Å². The van der Waals surface area contributed by atoms with Crippen LogP contribution < -0.4 is 5.32 Å². The maximum atomic E-state index is 12.1. The summed E-state index contributed by atoms with van der Waals surface area (Å²) in [4.78, 5) is 12.1. The predicted molar refractivity (Wildman–Crippen MR) is 83.5 cm³/mol. The molecule has 0 saturated heterocycles. The first-order valence-corrected chi connectivity index (χ1v) is 7.85. The van der Waals surface area contributed by atoms with Crippen molar-refractivity contribution in [3.05, 3.63) is 32.4 Å². The fourth-order valence-corrected chi connectivity index (χ4v) is 2.87. The molecule has 1 aromatic carbocycles. The van der Waals surface area contributed by atoms with Gasteiger partial charge in [0.15, 0.2) is 0 Å². The molecule has 0 aliphatic heterocycles. The highest BCUT2D eigenvalue weighted by molar-refractivity contribution is 14.1. The van der Waals surface area contributed by atoms with Gasteiger partial charge in [-0.25, -0.2) is 0 Å². The molecule has 2 nitrogen and oxygen atoms in total. The Balaban J connectivity index is 1.97. The van der Waals surface area contributed by atoms with Crippen molar-refractivity contribution in [3.8, 4) is 0 Å². The lowest BCUT2D eigenvalue weighted by atomic mass is 9.95. The van der Waals surface area contributed by atoms with E-state index in [4.69, 9.17) is 23.2 Å². The Morgan fingerprint density at radius 1 is 1.28 bits per heavy atom. The van der Waals surface area contributed by atoms with E-state index in [1.807, 2.05) is 6.07 Å². The lowest BCUT2D eigenvalue weighted by molar-refractivity contribution is 0.0928. The third kappa shape index (κ3) is 3.75. The van der Waals surface area contributed by atoms with E-state index in [1.54, 1.807) is 12.1 Å². The van der Waals surface area contributed by atoms with Gasteiger partial charge < -0.3 is 5.32 Å². The summed E-state index contributed by atoms with van der Waals surface area (Å²) in [7, 11) is 0. The van der Waals surface area contributed by atoms with Gasteiger partial charge in [-0.3, -0.25) is 4.79 Å². The van der Waals surface area contributed by atoms with Crippen LogP contribution in [0.4, 0.5) is 0 Å². The van der Waals surface area contributed by atoms with Crippen molar-refractivity contribution in [1.29, 1.82) is 0 Å². The van der Waals surface area contributed by atoms with Gasteiger partial charge in [-0.15, -0.1) is 11.6 Å². The van der Waals surface area contributed by atoms with E-state index in [-0.39, 0.29) is 17.3 Å². The summed E-state index contributed by atoms with van der Waals surface area (Å²) in [6.07, 6.45) is 3.86. The van der Waals surface area contributed by atoms with Gasteiger partial charge in [-0.1, -0.05) is 11.6 Å². The normalized spacial score (nSPS) is 23.7. The molecule has 1 saturated carbocycles. The van der Waals surface area contributed by atoms with Crippen LogP contribution in [0.3, 0.4) is 0 Å². The molecule has 0 bridgehead atoms. The fraction of sp³-hybridized carbons (Fsp3) is 0.462. The van der Waals surface area contributed by atoms with Crippen LogP contribution >= 0.6 is 45.8 Å². The van der Waals surface area contributed by atoms with Crippen molar-refractivity contribution in [2.24, 2.45) is 0 Å². The summed E-state index contributed by atoms with van der Waals surface area (Å²) in [5, 5.41) is 3.93. The molecule has 98 valence electrons. The molecular formula is C13H14Cl2INO. The molecule has 0 spiro atoms. The summed E-state index contributed by atoms with van der Waals surface area (Å²) in [5.74, 6) is -0.0497. The Bertz CT molecular complexity index is 445. The minimum absolute atomic E-state index is 0.0497. The third-order valence-electron chi connectivity index (χ3n) is 3.17. The highest BCUT2D eigenvalue weighted by atomic mass is 127. The van der Waals surface area contributed by atoms with Gasteiger partial charge in [0.05, 0.1) is 5.02 Å². The number of amides is 1. The molecule has 0 radical (unpaired) electrons. The number of hydrogen-bond acceptors (Lipinski definition) is 1. The highest BCUT2D eigenvalue weighted by Gasteiger charge is 2.21. The second-order valence-corrected chi connectivity index (χ2v) is 6.74. The van der Waals surface area contributed by atoms with Crippen molar-refractivity contribution < 1.29 is 4.79 Å². The number of carbonyl (C=O) groups is 1. The number of carbonyl (C=O) groups excluding carboxylic acids is 1. The van der Waals surface area contributed by atoms with Crippen molar-refractivity contribution in [2.75, 3.05) is 0 Å². The standard InChI is InChI=1S/C13H14Cl2INO/c14-9-2-4-10(5-3-9)17-13(18)8-1-6-12(16)11(15)7-8/h1,6-7,9-10H,2-5H2,(H,17,18). The maximum Gasteiger partial charge on any atom is 0.251 e. The third-order valence-corrected chi connectivity index (χ3v) is 5.18. The largest absolute Gasteiger partial charge is 0.349 e. The van der Waals surface area contributed by atoms with Gasteiger partial charge in [0.25, 0.3) is 5.91 Å². The van der Waals surface area contributed by atoms with E-state index >= 15 is 0 Å². The molecule has 2 rings (SSSR count). The topological polar surface area (TPSA) is 29.1 Å². The van der Waals surface area contributed by atoms with Gasteiger partial charge in [0.1, 0.15) is 0 Å². The number of rotatable bonds is 2. The second-order valence-electron chi connectivity index (χ2n) is 4.55. The van der Waals surface area contributed by atoms with Crippen molar-refractivity contribution in [1.82, 2.24) is 5.32 Å². The number of alkyl halides is 1. The number of halogens is 3. The number of benzene rings is 1. The van der Waals surface area contributed by atoms with Crippen LogP contribution in [0.15, 0.2) is 18.2 Å². The molecule has 1 aromatic rings. The SMILES string of the molecule is O=C(NC1CCC(Cl)CC1)c1ccc(I)c(Cl)c1. The van der Waals surface area contributed by atoms with Gasteiger partial charge >= 0.3 is 0 Å². The molecule has 1 aliphatic rings. The lowest BCUT2D eigenvalue weighted by Crippen LogP contribution is -2.37. The first-order valence-electron chi connectivity index (χ1n) is 5.96. The molecular weight excluding hydrogens is 384 g/mol. The van der Waals surface area contributed by atoms with E-state index in [9.17, 15) is 4.79 Å². The van der Waals surface area contributed by atoms with E-state index in [0.717, 1.165) is 29.3 Å². The van der Waals surface area contributed by atoms with E-state index in [0.29, 0.717) is 10.6 Å². The summed E-state index contributed by atoms with van der Waals surface area (Å²) in [6.45, 7) is 0. The van der Waals surface area contributed by atoms with Gasteiger partial charge in [0, 0.05) is 20.6 Å². The monoisotopic (exact) mass is 397 g/mol. The molecule has 0 heterocycles. The minimum Gasteiger partial charge on any atom is -0.349 e. The molecule has 0 aromatic heterocycles. The molecule has 18 heavy (non-hydrogen) atoms. The van der Waals surface area contributed by atoms with Crippen LogP contribution in [0, 0.1) is 3.57 Å². The van der Waals surface area contributed by atoms with Crippen molar-refractivity contribution >= 4 is 51.7 Å². The van der Waals surface area contributed by atoms with Gasteiger partial charge in [-0.05, 0) is 66.5 Å². The van der Waals surface area contributed by atoms with Crippen LogP contribution in [0.1, 0.15) is 36.0 Å². The van der Waals surface area contributed by atoms with E-state index in [1.165, 1.54) is 0 Å². The average Bonchev–Trinajstić information content (AvgIpc) is 2.35. The average molecular weight is 398 g/mol. The van der Waals surface area contributed by atoms with E-state index in [2.05, 4.69) is 27.9 Å². The quantitative estimate of drug-likeness (QED) is 0.587. The minimum atomic E-state index is -0.0497. The molecule has 0 unspecified atom stereocenters.